The van der Waals surface area contributed by atoms with E-state index in [0.29, 0.717) is 20.7 Å². The SMILES string of the molecule is Cc1cc(Cl)cc(C(=O)Nc2cc(Br)cc(C(=O)O)c2)c1. The number of hydrogen-bond acceptors (Lipinski definition) is 2. The molecule has 2 rings (SSSR count). The number of carbonyl (C=O) groups excluding carboxylic acids is 1. The number of carboxylic acid groups (broad SMARTS) is 1. The lowest BCUT2D eigenvalue weighted by molar-refractivity contribution is 0.0696. The molecule has 0 radical (unpaired) electrons. The maximum absolute atomic E-state index is 12.2. The molecule has 0 unspecified atom stereocenters. The van der Waals surface area contributed by atoms with Crippen LogP contribution in [0, 0.1) is 6.92 Å². The van der Waals surface area contributed by atoms with E-state index in [1.54, 1.807) is 24.3 Å². The van der Waals surface area contributed by atoms with Crippen molar-refractivity contribution in [3.05, 3.63) is 62.6 Å². The highest BCUT2D eigenvalue weighted by Gasteiger charge is 2.11. The second kappa shape index (κ2) is 6.28. The molecule has 21 heavy (non-hydrogen) atoms. The summed E-state index contributed by atoms with van der Waals surface area (Å²) in [5.74, 6) is -1.42. The van der Waals surface area contributed by atoms with Gasteiger partial charge in [-0.2, -0.15) is 0 Å². The van der Waals surface area contributed by atoms with Gasteiger partial charge in [0.15, 0.2) is 0 Å². The average molecular weight is 369 g/mol. The van der Waals surface area contributed by atoms with E-state index in [9.17, 15) is 9.59 Å². The van der Waals surface area contributed by atoms with E-state index in [0.717, 1.165) is 5.56 Å². The number of benzene rings is 2. The van der Waals surface area contributed by atoms with Gasteiger partial charge in [0.25, 0.3) is 5.91 Å². The molecule has 2 aromatic carbocycles. The Hall–Kier alpha value is -1.85. The summed E-state index contributed by atoms with van der Waals surface area (Å²) in [5, 5.41) is 12.1. The Kier molecular flexibility index (Phi) is 4.65. The molecule has 108 valence electrons. The van der Waals surface area contributed by atoms with Crippen LogP contribution in [-0.4, -0.2) is 17.0 Å². The molecule has 6 heteroatoms. The number of nitrogens with one attached hydrogen (secondary N) is 1. The highest BCUT2D eigenvalue weighted by Crippen LogP contribution is 2.21. The molecule has 1 amide bonds. The van der Waals surface area contributed by atoms with Crippen molar-refractivity contribution < 1.29 is 14.7 Å². The van der Waals surface area contributed by atoms with Gasteiger partial charge in [-0.05, 0) is 48.9 Å². The van der Waals surface area contributed by atoms with Gasteiger partial charge in [0.2, 0.25) is 0 Å². The van der Waals surface area contributed by atoms with E-state index >= 15 is 0 Å². The number of amides is 1. The van der Waals surface area contributed by atoms with E-state index in [-0.39, 0.29) is 11.5 Å². The maximum Gasteiger partial charge on any atom is 0.335 e. The third-order valence-corrected chi connectivity index (χ3v) is 3.38. The van der Waals surface area contributed by atoms with Crippen molar-refractivity contribution in [2.45, 2.75) is 6.92 Å². The number of carbonyl (C=O) groups is 2. The molecule has 0 aliphatic rings. The predicted molar refractivity (Wildman–Crippen MR) is 85.2 cm³/mol. The Bertz CT molecular complexity index is 711. The fourth-order valence-corrected chi connectivity index (χ4v) is 2.64. The first-order chi connectivity index (χ1) is 9.85. The fourth-order valence-electron chi connectivity index (χ4n) is 1.86. The Balaban J connectivity index is 2.29. The Morgan fingerprint density at radius 1 is 1.10 bits per heavy atom. The molecule has 0 aromatic heterocycles. The van der Waals surface area contributed by atoms with Crippen LogP contribution in [0.4, 0.5) is 5.69 Å². The zero-order valence-electron chi connectivity index (χ0n) is 11.0. The Labute approximate surface area is 134 Å². The monoisotopic (exact) mass is 367 g/mol. The van der Waals surface area contributed by atoms with Crippen LogP contribution in [0.1, 0.15) is 26.3 Å². The lowest BCUT2D eigenvalue weighted by Gasteiger charge is -2.08. The number of halogens is 2. The van der Waals surface area contributed by atoms with E-state index in [1.807, 2.05) is 6.92 Å². The Morgan fingerprint density at radius 3 is 2.43 bits per heavy atom. The van der Waals surface area contributed by atoms with Gasteiger partial charge in [0.1, 0.15) is 0 Å². The average Bonchev–Trinajstić information content (AvgIpc) is 2.36. The molecule has 0 fully saturated rings. The first-order valence-electron chi connectivity index (χ1n) is 5.97. The smallest absolute Gasteiger partial charge is 0.335 e. The summed E-state index contributed by atoms with van der Waals surface area (Å²) in [6.45, 7) is 1.84. The quantitative estimate of drug-likeness (QED) is 0.846. The summed E-state index contributed by atoms with van der Waals surface area (Å²) in [7, 11) is 0. The molecular formula is C15H11BrClNO3. The second-order valence-corrected chi connectivity index (χ2v) is 5.86. The van der Waals surface area contributed by atoms with Crippen molar-refractivity contribution in [2.75, 3.05) is 5.32 Å². The van der Waals surface area contributed by atoms with Crippen LogP contribution in [0.3, 0.4) is 0 Å². The van der Waals surface area contributed by atoms with Gasteiger partial charge in [-0.25, -0.2) is 4.79 Å². The topological polar surface area (TPSA) is 66.4 Å². The number of rotatable bonds is 3. The third-order valence-electron chi connectivity index (χ3n) is 2.71. The van der Waals surface area contributed by atoms with Crippen LogP contribution >= 0.6 is 27.5 Å². The lowest BCUT2D eigenvalue weighted by atomic mass is 10.1. The Morgan fingerprint density at radius 2 is 1.81 bits per heavy atom. The largest absolute Gasteiger partial charge is 0.478 e. The van der Waals surface area contributed by atoms with Crippen LogP contribution in [0.15, 0.2) is 40.9 Å². The molecule has 4 nitrogen and oxygen atoms in total. The minimum Gasteiger partial charge on any atom is -0.478 e. The van der Waals surface area contributed by atoms with Crippen molar-refractivity contribution in [2.24, 2.45) is 0 Å². The molecule has 0 bridgehead atoms. The molecule has 2 N–H and O–H groups in total. The molecule has 0 spiro atoms. The van der Waals surface area contributed by atoms with Gasteiger partial charge in [0, 0.05) is 20.7 Å². The molecule has 2 aromatic rings. The zero-order valence-corrected chi connectivity index (χ0v) is 13.3. The van der Waals surface area contributed by atoms with Crippen molar-refractivity contribution in [1.29, 1.82) is 0 Å². The van der Waals surface area contributed by atoms with Gasteiger partial charge in [-0.3, -0.25) is 4.79 Å². The van der Waals surface area contributed by atoms with Crippen LogP contribution in [0.25, 0.3) is 0 Å². The molecule has 0 heterocycles. The summed E-state index contributed by atoms with van der Waals surface area (Å²) in [5.41, 5.74) is 1.76. The van der Waals surface area contributed by atoms with Crippen molar-refractivity contribution in [3.8, 4) is 0 Å². The standard InChI is InChI=1S/C15H11BrClNO3/c1-8-2-9(5-12(17)3-8)14(19)18-13-6-10(15(20)21)4-11(16)7-13/h2-7H,1H3,(H,18,19)(H,20,21). The summed E-state index contributed by atoms with van der Waals surface area (Å²) in [6, 6.07) is 9.49. The molecule has 0 aliphatic heterocycles. The third kappa shape index (κ3) is 4.06. The normalized spacial score (nSPS) is 10.2. The summed E-state index contributed by atoms with van der Waals surface area (Å²) >= 11 is 9.14. The van der Waals surface area contributed by atoms with E-state index in [4.69, 9.17) is 16.7 Å². The van der Waals surface area contributed by atoms with Gasteiger partial charge in [-0.15, -0.1) is 0 Å². The first kappa shape index (κ1) is 15.5. The lowest BCUT2D eigenvalue weighted by Crippen LogP contribution is -2.12. The highest BCUT2D eigenvalue weighted by molar-refractivity contribution is 9.10. The summed E-state index contributed by atoms with van der Waals surface area (Å²) in [4.78, 5) is 23.2. The van der Waals surface area contributed by atoms with Crippen LogP contribution < -0.4 is 5.32 Å². The maximum atomic E-state index is 12.2. The van der Waals surface area contributed by atoms with E-state index < -0.39 is 5.97 Å². The number of aryl methyl sites for hydroxylation is 1. The fraction of sp³-hybridized carbons (Fsp3) is 0.0667. The van der Waals surface area contributed by atoms with Crippen LogP contribution in [-0.2, 0) is 0 Å². The zero-order chi connectivity index (χ0) is 15.6. The minimum atomic E-state index is -1.06. The van der Waals surface area contributed by atoms with E-state index in [2.05, 4.69) is 21.2 Å². The van der Waals surface area contributed by atoms with Gasteiger partial charge < -0.3 is 10.4 Å². The van der Waals surface area contributed by atoms with Crippen molar-refractivity contribution in [3.63, 3.8) is 0 Å². The molecule has 0 saturated heterocycles. The molecular weight excluding hydrogens is 358 g/mol. The number of aromatic carboxylic acids is 1. The summed E-state index contributed by atoms with van der Waals surface area (Å²) < 4.78 is 0.569. The van der Waals surface area contributed by atoms with Gasteiger partial charge >= 0.3 is 5.97 Å². The molecule has 0 saturated carbocycles. The minimum absolute atomic E-state index is 0.0851. The number of hydrogen-bond donors (Lipinski definition) is 2. The second-order valence-electron chi connectivity index (χ2n) is 4.51. The van der Waals surface area contributed by atoms with Gasteiger partial charge in [-0.1, -0.05) is 27.5 Å². The number of carboxylic acids is 1. The summed E-state index contributed by atoms with van der Waals surface area (Å²) in [6.07, 6.45) is 0. The molecule has 0 atom stereocenters. The van der Waals surface area contributed by atoms with E-state index in [1.165, 1.54) is 12.1 Å². The highest BCUT2D eigenvalue weighted by atomic mass is 79.9. The van der Waals surface area contributed by atoms with Gasteiger partial charge in [0.05, 0.1) is 5.56 Å². The van der Waals surface area contributed by atoms with Crippen LogP contribution in [0.5, 0.6) is 0 Å². The predicted octanol–water partition coefficient (Wildman–Crippen LogP) is 4.36. The first-order valence-corrected chi connectivity index (χ1v) is 7.14. The van der Waals surface area contributed by atoms with Crippen LogP contribution in [0.2, 0.25) is 5.02 Å². The van der Waals surface area contributed by atoms with Crippen molar-refractivity contribution >= 4 is 45.1 Å². The van der Waals surface area contributed by atoms with Crippen molar-refractivity contribution in [1.82, 2.24) is 0 Å². The molecule has 0 aliphatic carbocycles. The number of anilines is 1.